The van der Waals surface area contributed by atoms with Crippen LogP contribution in [0, 0.1) is 0 Å². The molecule has 1 heterocycles. The Morgan fingerprint density at radius 2 is 2.05 bits per heavy atom. The molecule has 0 spiro atoms. The second-order valence-corrected chi connectivity index (χ2v) is 5.42. The molecule has 0 radical (unpaired) electrons. The van der Waals surface area contributed by atoms with E-state index in [0.29, 0.717) is 16.7 Å². The predicted molar refractivity (Wildman–Crippen MR) is 75.8 cm³/mol. The predicted octanol–water partition coefficient (Wildman–Crippen LogP) is 2.19. The standard InChI is InChI=1S/C15H18N2O3/c1-17-12-9-10(7-8-13(12)20-15(17)19)14(18)16-11-5-3-2-4-6-11/h7-9,11H,2-6H2,1H3,(H,16,18). The van der Waals surface area contributed by atoms with E-state index in [9.17, 15) is 9.59 Å². The quantitative estimate of drug-likeness (QED) is 0.913. The number of rotatable bonds is 2. The first-order chi connectivity index (χ1) is 9.65. The lowest BCUT2D eigenvalue weighted by Gasteiger charge is -2.22. The van der Waals surface area contributed by atoms with Gasteiger partial charge in [-0.2, -0.15) is 0 Å². The summed E-state index contributed by atoms with van der Waals surface area (Å²) in [6.45, 7) is 0. The molecule has 0 aliphatic heterocycles. The van der Waals surface area contributed by atoms with Crippen LogP contribution in [0.15, 0.2) is 27.4 Å². The topological polar surface area (TPSA) is 64.2 Å². The molecule has 5 heteroatoms. The number of nitrogens with zero attached hydrogens (tertiary/aromatic N) is 1. The number of aryl methyl sites for hydroxylation is 1. The first-order valence-corrected chi connectivity index (χ1v) is 7.05. The van der Waals surface area contributed by atoms with Gasteiger partial charge in [0.05, 0.1) is 5.52 Å². The maximum Gasteiger partial charge on any atom is 0.419 e. The van der Waals surface area contributed by atoms with Crippen LogP contribution in [0.3, 0.4) is 0 Å². The Morgan fingerprint density at radius 1 is 1.30 bits per heavy atom. The maximum atomic E-state index is 12.2. The third-order valence-corrected chi connectivity index (χ3v) is 3.99. The van der Waals surface area contributed by atoms with Crippen molar-refractivity contribution in [3.8, 4) is 0 Å². The Morgan fingerprint density at radius 3 is 2.80 bits per heavy atom. The summed E-state index contributed by atoms with van der Waals surface area (Å²) in [5, 5.41) is 3.07. The Bertz CT molecular complexity index is 693. The summed E-state index contributed by atoms with van der Waals surface area (Å²) in [6, 6.07) is 5.36. The van der Waals surface area contributed by atoms with Crippen LogP contribution in [-0.2, 0) is 7.05 Å². The minimum atomic E-state index is -0.412. The number of oxazole rings is 1. The molecule has 1 fully saturated rings. The van der Waals surface area contributed by atoms with Crippen molar-refractivity contribution in [2.24, 2.45) is 7.05 Å². The van der Waals surface area contributed by atoms with Gasteiger partial charge in [-0.1, -0.05) is 19.3 Å². The molecule has 1 saturated carbocycles. The van der Waals surface area contributed by atoms with Crippen molar-refractivity contribution in [3.63, 3.8) is 0 Å². The molecule has 0 saturated heterocycles. The molecular weight excluding hydrogens is 256 g/mol. The van der Waals surface area contributed by atoms with E-state index in [1.165, 1.54) is 23.8 Å². The van der Waals surface area contributed by atoms with Gasteiger partial charge in [0.1, 0.15) is 0 Å². The molecule has 1 N–H and O–H groups in total. The highest BCUT2D eigenvalue weighted by atomic mass is 16.4. The molecule has 0 unspecified atom stereocenters. The van der Waals surface area contributed by atoms with Crippen LogP contribution in [0.2, 0.25) is 0 Å². The molecule has 0 atom stereocenters. The summed E-state index contributed by atoms with van der Waals surface area (Å²) < 4.78 is 6.47. The van der Waals surface area contributed by atoms with E-state index in [0.717, 1.165) is 12.8 Å². The summed E-state index contributed by atoms with van der Waals surface area (Å²) >= 11 is 0. The molecule has 3 rings (SSSR count). The highest BCUT2D eigenvalue weighted by molar-refractivity contribution is 5.97. The lowest BCUT2D eigenvalue weighted by molar-refractivity contribution is 0.0928. The van der Waals surface area contributed by atoms with Crippen molar-refractivity contribution in [2.75, 3.05) is 0 Å². The Kier molecular flexibility index (Phi) is 3.34. The number of fused-ring (bicyclic) bond motifs is 1. The van der Waals surface area contributed by atoms with Crippen molar-refractivity contribution in [1.29, 1.82) is 0 Å². The molecule has 0 bridgehead atoms. The molecule has 106 valence electrons. The van der Waals surface area contributed by atoms with Gasteiger partial charge in [-0.15, -0.1) is 0 Å². The SMILES string of the molecule is Cn1c(=O)oc2ccc(C(=O)NC3CCCCC3)cc21. The van der Waals surface area contributed by atoms with E-state index in [4.69, 9.17) is 4.42 Å². The third-order valence-electron chi connectivity index (χ3n) is 3.99. The number of carbonyl (C=O) groups is 1. The Balaban J connectivity index is 1.83. The van der Waals surface area contributed by atoms with Gasteiger partial charge in [0, 0.05) is 18.7 Å². The monoisotopic (exact) mass is 274 g/mol. The zero-order valence-electron chi connectivity index (χ0n) is 11.5. The van der Waals surface area contributed by atoms with E-state index in [-0.39, 0.29) is 11.9 Å². The number of amides is 1. The van der Waals surface area contributed by atoms with E-state index < -0.39 is 5.76 Å². The normalized spacial score (nSPS) is 16.4. The fourth-order valence-corrected chi connectivity index (χ4v) is 2.78. The smallest absolute Gasteiger partial charge is 0.408 e. The lowest BCUT2D eigenvalue weighted by atomic mass is 9.95. The van der Waals surface area contributed by atoms with Gasteiger partial charge in [-0.25, -0.2) is 4.79 Å². The van der Waals surface area contributed by atoms with Gasteiger partial charge in [0.2, 0.25) is 0 Å². The first-order valence-electron chi connectivity index (χ1n) is 7.05. The number of aromatic nitrogens is 1. The van der Waals surface area contributed by atoms with E-state index >= 15 is 0 Å². The minimum Gasteiger partial charge on any atom is -0.408 e. The van der Waals surface area contributed by atoms with E-state index in [1.54, 1.807) is 25.2 Å². The van der Waals surface area contributed by atoms with Crippen LogP contribution < -0.4 is 11.1 Å². The van der Waals surface area contributed by atoms with E-state index in [1.807, 2.05) is 0 Å². The van der Waals surface area contributed by atoms with Crippen molar-refractivity contribution < 1.29 is 9.21 Å². The average Bonchev–Trinajstić information content (AvgIpc) is 2.75. The number of nitrogens with one attached hydrogen (secondary N) is 1. The molecular formula is C15H18N2O3. The van der Waals surface area contributed by atoms with Crippen LogP contribution in [0.25, 0.3) is 11.1 Å². The van der Waals surface area contributed by atoms with Crippen LogP contribution in [0.5, 0.6) is 0 Å². The molecule has 1 aliphatic rings. The van der Waals surface area contributed by atoms with Gasteiger partial charge >= 0.3 is 5.76 Å². The Hall–Kier alpha value is -2.04. The molecule has 1 aromatic heterocycles. The maximum absolute atomic E-state index is 12.2. The number of carbonyl (C=O) groups excluding carboxylic acids is 1. The van der Waals surface area contributed by atoms with Crippen LogP contribution in [0.1, 0.15) is 42.5 Å². The number of hydrogen-bond donors (Lipinski definition) is 1. The molecule has 1 aliphatic carbocycles. The van der Waals surface area contributed by atoms with Gasteiger partial charge in [-0.3, -0.25) is 9.36 Å². The highest BCUT2D eigenvalue weighted by Crippen LogP contribution is 2.19. The summed E-state index contributed by atoms with van der Waals surface area (Å²) in [5.74, 6) is -0.489. The van der Waals surface area contributed by atoms with Crippen molar-refractivity contribution in [2.45, 2.75) is 38.1 Å². The molecule has 1 amide bonds. The summed E-state index contributed by atoms with van der Waals surface area (Å²) in [5.41, 5.74) is 1.72. The first kappa shape index (κ1) is 13.0. The third kappa shape index (κ3) is 2.35. The van der Waals surface area contributed by atoms with Crippen molar-refractivity contribution >= 4 is 17.0 Å². The van der Waals surface area contributed by atoms with Gasteiger partial charge < -0.3 is 9.73 Å². The summed E-state index contributed by atoms with van der Waals surface area (Å²) in [7, 11) is 1.64. The van der Waals surface area contributed by atoms with Crippen LogP contribution in [-0.4, -0.2) is 16.5 Å². The largest absolute Gasteiger partial charge is 0.419 e. The zero-order valence-corrected chi connectivity index (χ0v) is 11.5. The second-order valence-electron chi connectivity index (χ2n) is 5.42. The van der Waals surface area contributed by atoms with Crippen LogP contribution >= 0.6 is 0 Å². The lowest BCUT2D eigenvalue weighted by Crippen LogP contribution is -2.36. The highest BCUT2D eigenvalue weighted by Gasteiger charge is 2.17. The minimum absolute atomic E-state index is 0.0764. The Labute approximate surface area is 116 Å². The van der Waals surface area contributed by atoms with Gasteiger partial charge in [0.25, 0.3) is 5.91 Å². The second kappa shape index (κ2) is 5.15. The van der Waals surface area contributed by atoms with Crippen molar-refractivity contribution in [1.82, 2.24) is 9.88 Å². The molecule has 1 aromatic carbocycles. The van der Waals surface area contributed by atoms with Crippen molar-refractivity contribution in [3.05, 3.63) is 34.3 Å². The molecule has 5 nitrogen and oxygen atoms in total. The summed E-state index contributed by atoms with van der Waals surface area (Å²) in [6.07, 6.45) is 5.73. The summed E-state index contributed by atoms with van der Waals surface area (Å²) in [4.78, 5) is 23.7. The molecule has 20 heavy (non-hydrogen) atoms. The number of benzene rings is 1. The van der Waals surface area contributed by atoms with Gasteiger partial charge in [-0.05, 0) is 31.0 Å². The fourth-order valence-electron chi connectivity index (χ4n) is 2.78. The average molecular weight is 274 g/mol. The van der Waals surface area contributed by atoms with E-state index in [2.05, 4.69) is 5.32 Å². The molecule has 2 aromatic rings. The van der Waals surface area contributed by atoms with Gasteiger partial charge in [0.15, 0.2) is 5.58 Å². The zero-order chi connectivity index (χ0) is 14.1. The fraction of sp³-hybridized carbons (Fsp3) is 0.467. The van der Waals surface area contributed by atoms with Crippen LogP contribution in [0.4, 0.5) is 0 Å². The number of hydrogen-bond acceptors (Lipinski definition) is 3.